The predicted octanol–water partition coefficient (Wildman–Crippen LogP) is 3.87. The van der Waals surface area contributed by atoms with Crippen LogP contribution in [0.2, 0.25) is 5.28 Å². The highest BCUT2D eigenvalue weighted by atomic mass is 35.5. The predicted molar refractivity (Wildman–Crippen MR) is 87.5 cm³/mol. The third-order valence-corrected chi connectivity index (χ3v) is 4.04. The Labute approximate surface area is 134 Å². The maximum Gasteiger partial charge on any atom is 0.225 e. The van der Waals surface area contributed by atoms with Crippen molar-refractivity contribution in [1.82, 2.24) is 25.1 Å². The van der Waals surface area contributed by atoms with Gasteiger partial charge in [-0.3, -0.25) is 5.10 Å². The average Bonchev–Trinajstić information content (AvgIpc) is 3.18. The van der Waals surface area contributed by atoms with Gasteiger partial charge in [-0.2, -0.15) is 10.1 Å². The Hall–Kier alpha value is -2.51. The minimum atomic E-state index is 0.203. The summed E-state index contributed by atoms with van der Waals surface area (Å²) in [5.74, 6) is 0.604. The Morgan fingerprint density at radius 1 is 1.09 bits per heavy atom. The number of hydrogen-bond acceptors (Lipinski definition) is 6. The Kier molecular flexibility index (Phi) is 3.21. The van der Waals surface area contributed by atoms with Gasteiger partial charge in [-0.1, -0.05) is 12.1 Å². The number of H-pyrrole nitrogens is 1. The first kappa shape index (κ1) is 13.2. The largest absolute Gasteiger partial charge is 0.338 e. The van der Waals surface area contributed by atoms with Crippen LogP contribution in [0.25, 0.3) is 21.5 Å². The monoisotopic (exact) mass is 328 g/mol. The zero-order valence-electron chi connectivity index (χ0n) is 11.1. The van der Waals surface area contributed by atoms with E-state index in [-0.39, 0.29) is 5.28 Å². The number of halogens is 1. The fourth-order valence-electron chi connectivity index (χ4n) is 2.11. The van der Waals surface area contributed by atoms with Gasteiger partial charge >= 0.3 is 0 Å². The smallest absolute Gasteiger partial charge is 0.225 e. The molecule has 0 aliphatic heterocycles. The highest BCUT2D eigenvalue weighted by Gasteiger charge is 2.09. The van der Waals surface area contributed by atoms with Gasteiger partial charge < -0.3 is 5.32 Å². The molecule has 8 heteroatoms. The van der Waals surface area contributed by atoms with Crippen molar-refractivity contribution in [2.45, 2.75) is 0 Å². The SMILES string of the molecule is Clc1nc(Nc2ccc(-c3cn[nH]c3)cc2)c2ncsc2n1. The van der Waals surface area contributed by atoms with Gasteiger partial charge in [0.1, 0.15) is 5.52 Å². The van der Waals surface area contributed by atoms with Crippen LogP contribution in [0.1, 0.15) is 0 Å². The van der Waals surface area contributed by atoms with E-state index in [0.29, 0.717) is 11.3 Å². The molecule has 0 bridgehead atoms. The Balaban J connectivity index is 1.66. The molecule has 6 nitrogen and oxygen atoms in total. The fourth-order valence-corrected chi connectivity index (χ4v) is 2.99. The summed E-state index contributed by atoms with van der Waals surface area (Å²) >= 11 is 7.38. The van der Waals surface area contributed by atoms with Crippen LogP contribution in [0.3, 0.4) is 0 Å². The van der Waals surface area contributed by atoms with E-state index in [9.17, 15) is 0 Å². The van der Waals surface area contributed by atoms with Crippen LogP contribution in [0.15, 0.2) is 42.2 Å². The lowest BCUT2D eigenvalue weighted by Crippen LogP contribution is -1.96. The van der Waals surface area contributed by atoms with E-state index in [1.54, 1.807) is 11.7 Å². The van der Waals surface area contributed by atoms with Gasteiger partial charge in [0, 0.05) is 17.4 Å². The molecule has 0 unspecified atom stereocenters. The summed E-state index contributed by atoms with van der Waals surface area (Å²) in [5, 5.41) is 10.2. The summed E-state index contributed by atoms with van der Waals surface area (Å²) in [6.07, 6.45) is 3.64. The molecule has 0 saturated carbocycles. The molecule has 4 aromatic rings. The second-order valence-corrected chi connectivity index (χ2v) is 5.71. The van der Waals surface area contributed by atoms with Crippen molar-refractivity contribution in [1.29, 1.82) is 0 Å². The van der Waals surface area contributed by atoms with Gasteiger partial charge in [0.05, 0.1) is 11.7 Å². The maximum atomic E-state index is 5.95. The van der Waals surface area contributed by atoms with E-state index in [1.807, 2.05) is 30.5 Å². The average molecular weight is 329 g/mol. The summed E-state index contributed by atoms with van der Waals surface area (Å²) in [5.41, 5.74) is 5.46. The van der Waals surface area contributed by atoms with Crippen LogP contribution in [0, 0.1) is 0 Å². The van der Waals surface area contributed by atoms with Crippen molar-refractivity contribution in [2.24, 2.45) is 0 Å². The molecule has 4 rings (SSSR count). The highest BCUT2D eigenvalue weighted by Crippen LogP contribution is 2.27. The van der Waals surface area contributed by atoms with E-state index in [2.05, 4.69) is 30.5 Å². The molecule has 1 aromatic carbocycles. The normalized spacial score (nSPS) is 11.0. The molecule has 22 heavy (non-hydrogen) atoms. The fraction of sp³-hybridized carbons (Fsp3) is 0. The van der Waals surface area contributed by atoms with Gasteiger partial charge in [0.25, 0.3) is 0 Å². The zero-order chi connectivity index (χ0) is 14.9. The number of nitrogens with zero attached hydrogens (tertiary/aromatic N) is 4. The van der Waals surface area contributed by atoms with Crippen LogP contribution in [0.4, 0.5) is 11.5 Å². The molecule has 0 aliphatic carbocycles. The number of rotatable bonds is 3. The topological polar surface area (TPSA) is 79.4 Å². The van der Waals surface area contributed by atoms with Crippen molar-refractivity contribution >= 4 is 44.8 Å². The number of nitrogens with one attached hydrogen (secondary N) is 2. The van der Waals surface area contributed by atoms with Crippen LogP contribution >= 0.6 is 22.9 Å². The lowest BCUT2D eigenvalue weighted by atomic mass is 10.1. The molecule has 0 fully saturated rings. The maximum absolute atomic E-state index is 5.95. The van der Waals surface area contributed by atoms with Crippen LogP contribution in [0.5, 0.6) is 0 Å². The van der Waals surface area contributed by atoms with Crippen molar-refractivity contribution in [2.75, 3.05) is 5.32 Å². The van der Waals surface area contributed by atoms with E-state index >= 15 is 0 Å². The van der Waals surface area contributed by atoms with E-state index in [4.69, 9.17) is 11.6 Å². The summed E-state index contributed by atoms with van der Waals surface area (Å²) in [6.45, 7) is 0. The molecule has 3 heterocycles. The number of anilines is 2. The summed E-state index contributed by atoms with van der Waals surface area (Å²) in [4.78, 5) is 13.4. The first-order valence-electron chi connectivity index (χ1n) is 6.42. The minimum Gasteiger partial charge on any atom is -0.338 e. The van der Waals surface area contributed by atoms with Crippen LogP contribution < -0.4 is 5.32 Å². The standard InChI is InChI=1S/C14H9ClN6S/c15-14-20-12(11-13(21-14)22-7-16-11)19-10-3-1-8(2-4-10)9-5-17-18-6-9/h1-7H,(H,17,18)(H,19,20,21). The third-order valence-electron chi connectivity index (χ3n) is 3.15. The van der Waals surface area contributed by atoms with E-state index in [1.165, 1.54) is 11.3 Å². The molecule has 0 saturated heterocycles. The molecular formula is C14H9ClN6S. The summed E-state index contributed by atoms with van der Waals surface area (Å²) < 4.78 is 0. The first-order chi connectivity index (χ1) is 10.8. The molecule has 0 aliphatic rings. The molecule has 0 radical (unpaired) electrons. The lowest BCUT2D eigenvalue weighted by Gasteiger charge is -2.07. The summed E-state index contributed by atoms with van der Waals surface area (Å²) in [6, 6.07) is 7.95. The number of fused-ring (bicyclic) bond motifs is 1. The van der Waals surface area contributed by atoms with Crippen LogP contribution in [-0.4, -0.2) is 25.1 Å². The minimum absolute atomic E-state index is 0.203. The number of hydrogen-bond donors (Lipinski definition) is 2. The summed E-state index contributed by atoms with van der Waals surface area (Å²) in [7, 11) is 0. The Morgan fingerprint density at radius 2 is 1.95 bits per heavy atom. The van der Waals surface area contributed by atoms with Gasteiger partial charge in [-0.15, -0.1) is 11.3 Å². The van der Waals surface area contributed by atoms with Crippen molar-refractivity contribution < 1.29 is 0 Å². The third kappa shape index (κ3) is 2.40. The molecule has 0 amide bonds. The van der Waals surface area contributed by atoms with Crippen molar-refractivity contribution in [3.63, 3.8) is 0 Å². The van der Waals surface area contributed by atoms with Crippen molar-refractivity contribution in [3.8, 4) is 11.1 Å². The number of benzene rings is 1. The molecule has 108 valence electrons. The van der Waals surface area contributed by atoms with Gasteiger partial charge in [0.2, 0.25) is 5.28 Å². The Morgan fingerprint density at radius 3 is 2.73 bits per heavy atom. The number of aromatic nitrogens is 5. The molecule has 3 aromatic heterocycles. The lowest BCUT2D eigenvalue weighted by molar-refractivity contribution is 1.09. The second-order valence-electron chi connectivity index (χ2n) is 4.54. The Bertz CT molecular complexity index is 916. The van der Waals surface area contributed by atoms with E-state index in [0.717, 1.165) is 21.6 Å². The molecule has 2 N–H and O–H groups in total. The van der Waals surface area contributed by atoms with Gasteiger partial charge in [-0.05, 0) is 29.3 Å². The highest BCUT2D eigenvalue weighted by molar-refractivity contribution is 7.16. The van der Waals surface area contributed by atoms with Gasteiger partial charge in [0.15, 0.2) is 10.6 Å². The number of aromatic amines is 1. The second kappa shape index (κ2) is 5.36. The molecule has 0 atom stereocenters. The first-order valence-corrected chi connectivity index (χ1v) is 7.68. The van der Waals surface area contributed by atoms with E-state index < -0.39 is 0 Å². The van der Waals surface area contributed by atoms with Gasteiger partial charge in [-0.25, -0.2) is 9.97 Å². The number of thiazole rings is 1. The van der Waals surface area contributed by atoms with Crippen LogP contribution in [-0.2, 0) is 0 Å². The zero-order valence-corrected chi connectivity index (χ0v) is 12.7. The molecular weight excluding hydrogens is 320 g/mol. The van der Waals surface area contributed by atoms with Crippen molar-refractivity contribution in [3.05, 3.63) is 47.5 Å². The molecule has 0 spiro atoms. The quantitative estimate of drug-likeness (QED) is 0.558.